The molecule has 1 unspecified atom stereocenters. The van der Waals surface area contributed by atoms with Gasteiger partial charge in [-0.15, -0.1) is 0 Å². The van der Waals surface area contributed by atoms with Gasteiger partial charge in [0.2, 0.25) is 0 Å². The Morgan fingerprint density at radius 1 is 1.15 bits per heavy atom. The summed E-state index contributed by atoms with van der Waals surface area (Å²) >= 11 is 0. The molecule has 0 aromatic heterocycles. The Hall–Kier alpha value is -2.41. The van der Waals surface area contributed by atoms with Gasteiger partial charge in [-0.25, -0.2) is 0 Å². The normalized spacial score (nSPS) is 12.2. The molecule has 0 aliphatic rings. The average molecular weight is 264 g/mol. The number of hydroxylamine groups is 1. The van der Waals surface area contributed by atoms with Crippen LogP contribution in [0.5, 0.6) is 0 Å². The second-order valence-electron chi connectivity index (χ2n) is 4.59. The standard InChI is InChI=1S/C17H16N2O/c1-13(19-20)5-6-14-3-2-4-17(11-14)16-9-7-15(12-18)8-10-16/h2-11,13,19-20H,1H3/b6-5+. The second kappa shape index (κ2) is 6.67. The van der Waals surface area contributed by atoms with Crippen molar-refractivity contribution in [1.82, 2.24) is 5.48 Å². The first kappa shape index (κ1) is 14.0. The van der Waals surface area contributed by atoms with Crippen molar-refractivity contribution in [3.63, 3.8) is 0 Å². The zero-order valence-electron chi connectivity index (χ0n) is 11.2. The van der Waals surface area contributed by atoms with Crippen LogP contribution in [0.15, 0.2) is 54.6 Å². The van der Waals surface area contributed by atoms with Crippen LogP contribution < -0.4 is 5.48 Å². The lowest BCUT2D eigenvalue weighted by molar-refractivity contribution is 0.150. The number of nitrogens with one attached hydrogen (secondary N) is 1. The van der Waals surface area contributed by atoms with Crippen molar-refractivity contribution >= 4 is 6.08 Å². The number of nitrogens with zero attached hydrogens (tertiary/aromatic N) is 1. The van der Waals surface area contributed by atoms with Gasteiger partial charge in [0.15, 0.2) is 0 Å². The summed E-state index contributed by atoms with van der Waals surface area (Å²) in [7, 11) is 0. The lowest BCUT2D eigenvalue weighted by Crippen LogP contribution is -2.18. The summed E-state index contributed by atoms with van der Waals surface area (Å²) < 4.78 is 0. The highest BCUT2D eigenvalue weighted by Gasteiger charge is 1.99. The van der Waals surface area contributed by atoms with Gasteiger partial charge in [0.1, 0.15) is 0 Å². The molecular formula is C17H16N2O. The highest BCUT2D eigenvalue weighted by Crippen LogP contribution is 2.21. The van der Waals surface area contributed by atoms with E-state index in [0.717, 1.165) is 16.7 Å². The number of nitriles is 1. The van der Waals surface area contributed by atoms with Gasteiger partial charge in [-0.3, -0.25) is 0 Å². The van der Waals surface area contributed by atoms with Crippen molar-refractivity contribution in [2.45, 2.75) is 13.0 Å². The van der Waals surface area contributed by atoms with Crippen molar-refractivity contribution < 1.29 is 5.21 Å². The molecule has 0 spiro atoms. The van der Waals surface area contributed by atoms with E-state index in [-0.39, 0.29) is 6.04 Å². The molecule has 0 aliphatic heterocycles. The monoisotopic (exact) mass is 264 g/mol. The quantitative estimate of drug-likeness (QED) is 0.829. The van der Waals surface area contributed by atoms with E-state index in [1.807, 2.05) is 61.5 Å². The third kappa shape index (κ3) is 3.55. The predicted octanol–water partition coefficient (Wildman–Crippen LogP) is 3.61. The van der Waals surface area contributed by atoms with E-state index in [2.05, 4.69) is 17.6 Å². The Labute approximate surface area is 118 Å². The second-order valence-corrected chi connectivity index (χ2v) is 4.59. The number of hydrogen-bond donors (Lipinski definition) is 2. The molecule has 0 bridgehead atoms. The molecule has 3 nitrogen and oxygen atoms in total. The highest BCUT2D eigenvalue weighted by atomic mass is 16.5. The third-order valence-electron chi connectivity index (χ3n) is 3.01. The first-order valence-electron chi connectivity index (χ1n) is 6.41. The molecule has 0 amide bonds. The molecule has 20 heavy (non-hydrogen) atoms. The van der Waals surface area contributed by atoms with Crippen LogP contribution >= 0.6 is 0 Å². The molecule has 2 rings (SSSR count). The maximum absolute atomic E-state index is 8.80. The SMILES string of the molecule is CC(/C=C/c1cccc(-c2ccc(C#N)cc2)c1)NO. The minimum atomic E-state index is -0.0893. The van der Waals surface area contributed by atoms with E-state index < -0.39 is 0 Å². The van der Waals surface area contributed by atoms with Gasteiger partial charge < -0.3 is 5.21 Å². The van der Waals surface area contributed by atoms with Gasteiger partial charge in [0.05, 0.1) is 11.6 Å². The van der Waals surface area contributed by atoms with E-state index in [1.54, 1.807) is 0 Å². The Kier molecular flexibility index (Phi) is 4.67. The van der Waals surface area contributed by atoms with E-state index in [1.165, 1.54) is 0 Å². The summed E-state index contributed by atoms with van der Waals surface area (Å²) in [4.78, 5) is 0. The molecule has 0 fully saturated rings. The van der Waals surface area contributed by atoms with E-state index in [9.17, 15) is 0 Å². The van der Waals surface area contributed by atoms with Gasteiger partial charge in [0, 0.05) is 6.04 Å². The maximum atomic E-state index is 8.80. The number of hydrogen-bond acceptors (Lipinski definition) is 3. The molecule has 0 aliphatic carbocycles. The smallest absolute Gasteiger partial charge is 0.0991 e. The minimum absolute atomic E-state index is 0.0893. The molecule has 0 saturated heterocycles. The fourth-order valence-corrected chi connectivity index (χ4v) is 1.86. The van der Waals surface area contributed by atoms with Gasteiger partial charge >= 0.3 is 0 Å². The molecule has 1 atom stereocenters. The van der Waals surface area contributed by atoms with Crippen LogP contribution in [0.4, 0.5) is 0 Å². The van der Waals surface area contributed by atoms with Gasteiger partial charge in [-0.05, 0) is 41.8 Å². The molecule has 2 aromatic carbocycles. The Bertz CT molecular complexity index is 639. The molecule has 0 heterocycles. The summed E-state index contributed by atoms with van der Waals surface area (Å²) in [6, 6.07) is 17.6. The van der Waals surface area contributed by atoms with E-state index in [4.69, 9.17) is 10.5 Å². The van der Waals surface area contributed by atoms with Crippen molar-refractivity contribution in [3.05, 3.63) is 65.7 Å². The molecule has 100 valence electrons. The molecule has 2 N–H and O–H groups in total. The number of rotatable bonds is 4. The summed E-state index contributed by atoms with van der Waals surface area (Å²) in [5.41, 5.74) is 6.08. The van der Waals surface area contributed by atoms with E-state index in [0.29, 0.717) is 5.56 Å². The molecular weight excluding hydrogens is 248 g/mol. The van der Waals surface area contributed by atoms with Crippen LogP contribution in [-0.2, 0) is 0 Å². The van der Waals surface area contributed by atoms with Crippen molar-refractivity contribution in [2.24, 2.45) is 0 Å². The predicted molar refractivity (Wildman–Crippen MR) is 80.0 cm³/mol. The van der Waals surface area contributed by atoms with Crippen molar-refractivity contribution in [1.29, 1.82) is 5.26 Å². The van der Waals surface area contributed by atoms with Crippen LogP contribution in [0, 0.1) is 11.3 Å². The number of benzene rings is 2. The van der Waals surface area contributed by atoms with Gasteiger partial charge in [-0.2, -0.15) is 10.7 Å². The lowest BCUT2D eigenvalue weighted by atomic mass is 10.0. The Balaban J connectivity index is 2.25. The first-order valence-corrected chi connectivity index (χ1v) is 6.41. The van der Waals surface area contributed by atoms with Crippen molar-refractivity contribution in [3.8, 4) is 17.2 Å². The van der Waals surface area contributed by atoms with Crippen LogP contribution in [0.3, 0.4) is 0 Å². The summed E-state index contributed by atoms with van der Waals surface area (Å²) in [5, 5.41) is 17.6. The molecule has 2 aromatic rings. The third-order valence-corrected chi connectivity index (χ3v) is 3.01. The largest absolute Gasteiger partial charge is 0.316 e. The topological polar surface area (TPSA) is 56.0 Å². The fraction of sp³-hybridized carbons (Fsp3) is 0.118. The maximum Gasteiger partial charge on any atom is 0.0991 e. The zero-order chi connectivity index (χ0) is 14.4. The van der Waals surface area contributed by atoms with Crippen molar-refractivity contribution in [2.75, 3.05) is 0 Å². The Morgan fingerprint density at radius 3 is 2.55 bits per heavy atom. The summed E-state index contributed by atoms with van der Waals surface area (Å²) in [6.07, 6.45) is 3.85. The highest BCUT2D eigenvalue weighted by molar-refractivity contribution is 5.68. The van der Waals surface area contributed by atoms with Crippen LogP contribution in [0.2, 0.25) is 0 Å². The van der Waals surface area contributed by atoms with Crippen LogP contribution in [0.25, 0.3) is 17.2 Å². The molecule has 0 radical (unpaired) electrons. The van der Waals surface area contributed by atoms with Gasteiger partial charge in [-0.1, -0.05) is 42.5 Å². The average Bonchev–Trinajstić information content (AvgIpc) is 2.53. The summed E-state index contributed by atoms with van der Waals surface area (Å²) in [5.74, 6) is 0. The van der Waals surface area contributed by atoms with Crippen LogP contribution in [-0.4, -0.2) is 11.2 Å². The van der Waals surface area contributed by atoms with E-state index >= 15 is 0 Å². The first-order chi connectivity index (χ1) is 9.72. The minimum Gasteiger partial charge on any atom is -0.316 e. The molecule has 0 saturated carbocycles. The van der Waals surface area contributed by atoms with Crippen LogP contribution in [0.1, 0.15) is 18.1 Å². The summed E-state index contributed by atoms with van der Waals surface area (Å²) in [6.45, 7) is 1.86. The lowest BCUT2D eigenvalue weighted by Gasteiger charge is -2.04. The zero-order valence-corrected chi connectivity index (χ0v) is 11.2. The van der Waals surface area contributed by atoms with Gasteiger partial charge in [0.25, 0.3) is 0 Å². The Morgan fingerprint density at radius 2 is 1.90 bits per heavy atom. The molecule has 3 heteroatoms. The fourth-order valence-electron chi connectivity index (χ4n) is 1.86.